The maximum atomic E-state index is 9.69. The average molecular weight is 337 g/mol. The molecular weight excluding hydrogens is 325 g/mol. The Morgan fingerprint density at radius 1 is 0.560 bits per heavy atom. The minimum atomic E-state index is -0.995. The first-order valence-electron chi connectivity index (χ1n) is 7.57. The second-order valence-electron chi connectivity index (χ2n) is 5.22. The molecule has 0 aliphatic carbocycles. The molecule has 3 aromatic carbocycles. The lowest BCUT2D eigenvalue weighted by Crippen LogP contribution is -2.23. The topological polar surface area (TPSA) is 71.4 Å². The van der Waals surface area contributed by atoms with Crippen molar-refractivity contribution in [1.82, 2.24) is 0 Å². The molecule has 0 aromatic heterocycles. The third kappa shape index (κ3) is 3.13. The molecule has 3 aromatic rings. The van der Waals surface area contributed by atoms with Crippen LogP contribution in [0.4, 0.5) is 0 Å². The van der Waals surface area contributed by atoms with Crippen molar-refractivity contribution in [1.29, 1.82) is 15.8 Å². The average Bonchev–Trinajstić information content (AvgIpc) is 2.69. The Morgan fingerprint density at radius 3 is 1.52 bits per heavy atom. The molecule has 4 heteroatoms. The SMILES string of the molecule is N#Cc1ccc(P(c2ccccc2)c2ccccc2)c(C#N)c1C#N. The Hall–Kier alpha value is -3.44. The maximum absolute atomic E-state index is 9.69. The van der Waals surface area contributed by atoms with E-state index in [0.29, 0.717) is 5.56 Å². The summed E-state index contributed by atoms with van der Waals surface area (Å²) in [6.45, 7) is 0. The van der Waals surface area contributed by atoms with Gasteiger partial charge in [-0.1, -0.05) is 66.7 Å². The van der Waals surface area contributed by atoms with Gasteiger partial charge in [0.15, 0.2) is 0 Å². The quantitative estimate of drug-likeness (QED) is 0.690. The molecule has 0 radical (unpaired) electrons. The lowest BCUT2D eigenvalue weighted by atomic mass is 10.0. The van der Waals surface area contributed by atoms with Crippen LogP contribution in [-0.2, 0) is 0 Å². The van der Waals surface area contributed by atoms with E-state index in [2.05, 4.69) is 6.07 Å². The smallest absolute Gasteiger partial charge is 0.102 e. The van der Waals surface area contributed by atoms with E-state index in [1.54, 1.807) is 6.07 Å². The summed E-state index contributed by atoms with van der Waals surface area (Å²) in [5, 5.41) is 31.4. The zero-order valence-electron chi connectivity index (χ0n) is 13.2. The van der Waals surface area contributed by atoms with Crippen LogP contribution >= 0.6 is 7.92 Å². The highest BCUT2D eigenvalue weighted by atomic mass is 31.1. The van der Waals surface area contributed by atoms with Gasteiger partial charge in [0.25, 0.3) is 0 Å². The number of hydrogen-bond donors (Lipinski definition) is 0. The van der Waals surface area contributed by atoms with Gasteiger partial charge >= 0.3 is 0 Å². The number of hydrogen-bond acceptors (Lipinski definition) is 3. The van der Waals surface area contributed by atoms with Gasteiger partial charge < -0.3 is 0 Å². The fourth-order valence-electron chi connectivity index (χ4n) is 2.68. The van der Waals surface area contributed by atoms with E-state index >= 15 is 0 Å². The molecule has 116 valence electrons. The van der Waals surface area contributed by atoms with Crippen molar-refractivity contribution >= 4 is 23.8 Å². The van der Waals surface area contributed by atoms with E-state index in [1.807, 2.05) is 78.9 Å². The van der Waals surface area contributed by atoms with Gasteiger partial charge in [0.05, 0.1) is 16.7 Å². The first-order chi connectivity index (χ1) is 12.3. The van der Waals surface area contributed by atoms with Crippen LogP contribution in [0.25, 0.3) is 0 Å². The Kier molecular flexibility index (Phi) is 4.87. The molecule has 0 saturated heterocycles. The third-order valence-corrected chi connectivity index (χ3v) is 6.28. The van der Waals surface area contributed by atoms with Crippen LogP contribution in [0, 0.1) is 34.0 Å². The molecule has 0 amide bonds. The van der Waals surface area contributed by atoms with Crippen LogP contribution in [0.15, 0.2) is 72.8 Å². The van der Waals surface area contributed by atoms with Crippen molar-refractivity contribution in [2.75, 3.05) is 0 Å². The lowest BCUT2D eigenvalue weighted by molar-refractivity contribution is 1.41. The molecule has 0 N–H and O–H groups in total. The highest BCUT2D eigenvalue weighted by molar-refractivity contribution is 7.80. The highest BCUT2D eigenvalue weighted by Crippen LogP contribution is 2.35. The normalized spacial score (nSPS) is 9.84. The molecule has 3 rings (SSSR count). The van der Waals surface area contributed by atoms with E-state index in [1.165, 1.54) is 0 Å². The van der Waals surface area contributed by atoms with Gasteiger partial charge in [0, 0.05) is 5.30 Å². The molecular formula is C21H12N3P. The van der Waals surface area contributed by atoms with Crippen molar-refractivity contribution in [3.05, 3.63) is 89.5 Å². The van der Waals surface area contributed by atoms with Gasteiger partial charge in [-0.05, 0) is 24.6 Å². The van der Waals surface area contributed by atoms with Crippen LogP contribution < -0.4 is 15.9 Å². The van der Waals surface area contributed by atoms with Gasteiger partial charge in [0.1, 0.15) is 18.2 Å². The summed E-state index contributed by atoms with van der Waals surface area (Å²) >= 11 is 0. The maximum Gasteiger partial charge on any atom is 0.102 e. The second-order valence-corrected chi connectivity index (χ2v) is 7.41. The first kappa shape index (κ1) is 16.4. The molecule has 0 bridgehead atoms. The van der Waals surface area contributed by atoms with E-state index in [4.69, 9.17) is 0 Å². The van der Waals surface area contributed by atoms with Crippen LogP contribution in [0.5, 0.6) is 0 Å². The van der Waals surface area contributed by atoms with E-state index in [0.717, 1.165) is 15.9 Å². The molecule has 0 atom stereocenters. The van der Waals surface area contributed by atoms with Gasteiger partial charge in [-0.25, -0.2) is 0 Å². The van der Waals surface area contributed by atoms with E-state index in [9.17, 15) is 15.8 Å². The van der Waals surface area contributed by atoms with Gasteiger partial charge in [-0.3, -0.25) is 0 Å². The predicted octanol–water partition coefficient (Wildman–Crippen LogP) is 3.06. The fraction of sp³-hybridized carbons (Fsp3) is 0. The van der Waals surface area contributed by atoms with Crippen LogP contribution in [-0.4, -0.2) is 0 Å². The second kappa shape index (κ2) is 7.42. The van der Waals surface area contributed by atoms with Crippen LogP contribution in [0.3, 0.4) is 0 Å². The van der Waals surface area contributed by atoms with Crippen molar-refractivity contribution in [3.8, 4) is 18.2 Å². The first-order valence-corrected chi connectivity index (χ1v) is 8.92. The summed E-state index contributed by atoms with van der Waals surface area (Å²) in [5.74, 6) is 0. The molecule has 3 nitrogen and oxygen atoms in total. The Labute approximate surface area is 147 Å². The third-order valence-electron chi connectivity index (χ3n) is 3.80. The summed E-state index contributed by atoms with van der Waals surface area (Å²) in [6.07, 6.45) is 0. The van der Waals surface area contributed by atoms with Crippen LogP contribution in [0.2, 0.25) is 0 Å². The summed E-state index contributed by atoms with van der Waals surface area (Å²) in [6, 6.07) is 29.5. The predicted molar refractivity (Wildman–Crippen MR) is 99.3 cm³/mol. The van der Waals surface area contributed by atoms with Gasteiger partial charge in [-0.2, -0.15) is 15.8 Å². The van der Waals surface area contributed by atoms with E-state index < -0.39 is 7.92 Å². The number of nitriles is 3. The molecule has 0 fully saturated rings. The highest BCUT2D eigenvalue weighted by Gasteiger charge is 2.23. The molecule has 0 heterocycles. The largest absolute Gasteiger partial charge is 0.192 e. The molecule has 0 spiro atoms. The van der Waals surface area contributed by atoms with Crippen molar-refractivity contribution in [2.45, 2.75) is 0 Å². The number of benzene rings is 3. The summed E-state index contributed by atoms with van der Waals surface area (Å²) in [7, 11) is -0.995. The standard InChI is InChI=1S/C21H12N3P/c22-13-16-11-12-21(20(15-24)19(16)14-23)25(17-7-3-1-4-8-17)18-9-5-2-6-10-18/h1-12H. The molecule has 0 saturated carbocycles. The molecule has 25 heavy (non-hydrogen) atoms. The molecule has 0 aliphatic rings. The minimum absolute atomic E-state index is 0.155. The Bertz CT molecular complexity index is 983. The van der Waals surface area contributed by atoms with Gasteiger partial charge in [0.2, 0.25) is 0 Å². The zero-order chi connectivity index (χ0) is 17.6. The van der Waals surface area contributed by atoms with Crippen LogP contribution in [0.1, 0.15) is 16.7 Å². The van der Waals surface area contributed by atoms with Crippen molar-refractivity contribution in [3.63, 3.8) is 0 Å². The van der Waals surface area contributed by atoms with Crippen molar-refractivity contribution < 1.29 is 0 Å². The fourth-order valence-corrected chi connectivity index (χ4v) is 5.09. The monoisotopic (exact) mass is 337 g/mol. The summed E-state index contributed by atoms with van der Waals surface area (Å²) < 4.78 is 0. The minimum Gasteiger partial charge on any atom is -0.192 e. The zero-order valence-corrected chi connectivity index (χ0v) is 14.1. The molecule has 0 unspecified atom stereocenters. The van der Waals surface area contributed by atoms with Gasteiger partial charge in [-0.15, -0.1) is 0 Å². The van der Waals surface area contributed by atoms with E-state index in [-0.39, 0.29) is 11.1 Å². The Morgan fingerprint density at radius 2 is 1.08 bits per heavy atom. The van der Waals surface area contributed by atoms with Crippen molar-refractivity contribution in [2.24, 2.45) is 0 Å². The Balaban J connectivity index is 2.31. The summed E-state index contributed by atoms with van der Waals surface area (Å²) in [5.41, 5.74) is 0.682. The lowest BCUT2D eigenvalue weighted by Gasteiger charge is -2.21. The number of rotatable bonds is 3. The molecule has 0 aliphatic heterocycles. The summed E-state index contributed by atoms with van der Waals surface area (Å²) in [4.78, 5) is 0. The number of nitrogens with zero attached hydrogens (tertiary/aromatic N) is 3.